The maximum absolute atomic E-state index is 14.2. The lowest BCUT2D eigenvalue weighted by Crippen LogP contribution is -2.21. The minimum Gasteiger partial charge on any atom is -0.313 e. The summed E-state index contributed by atoms with van der Waals surface area (Å²) in [5.41, 5.74) is 3.72. The Labute approximate surface area is 117 Å². The fourth-order valence-corrected chi connectivity index (χ4v) is 3.21. The lowest BCUT2D eigenvalue weighted by molar-refractivity contribution is 0.529. The van der Waals surface area contributed by atoms with Crippen molar-refractivity contribution in [1.29, 1.82) is 0 Å². The molecule has 0 radical (unpaired) electrons. The minimum atomic E-state index is -0.134. The van der Waals surface area contributed by atoms with Crippen LogP contribution in [0.4, 0.5) is 4.39 Å². The Kier molecular flexibility index (Phi) is 4.32. The molecule has 1 N–H and O–H groups in total. The maximum Gasteiger partial charge on any atom is 0.128 e. The summed E-state index contributed by atoms with van der Waals surface area (Å²) < 4.78 is 14.2. The van der Waals surface area contributed by atoms with E-state index in [2.05, 4.69) is 10.3 Å². The average Bonchev–Trinajstić information content (AvgIpc) is 2.72. The average molecular weight is 278 g/mol. The molecule has 0 aliphatic carbocycles. The van der Waals surface area contributed by atoms with Crippen molar-refractivity contribution in [1.82, 2.24) is 10.3 Å². The third-order valence-corrected chi connectivity index (χ3v) is 4.21. The van der Waals surface area contributed by atoms with Gasteiger partial charge in [0.05, 0.1) is 5.01 Å². The summed E-state index contributed by atoms with van der Waals surface area (Å²) in [5, 5.41) is 6.27. The number of likely N-dealkylation sites (N-methyl/N-ethyl adjacent to an activating group) is 1. The number of halogens is 1. The van der Waals surface area contributed by atoms with Crippen molar-refractivity contribution >= 4 is 11.3 Å². The zero-order valence-electron chi connectivity index (χ0n) is 11.7. The molecule has 0 aliphatic rings. The predicted octanol–water partition coefficient (Wildman–Crippen LogP) is 3.71. The van der Waals surface area contributed by atoms with E-state index in [1.807, 2.05) is 39.3 Å². The highest BCUT2D eigenvalue weighted by Gasteiger charge is 2.18. The van der Waals surface area contributed by atoms with Gasteiger partial charge in [0.1, 0.15) is 5.82 Å². The van der Waals surface area contributed by atoms with Crippen LogP contribution in [0.3, 0.4) is 0 Å². The normalized spacial score (nSPS) is 12.7. The molecular formula is C15H19FN2S. The van der Waals surface area contributed by atoms with E-state index in [9.17, 15) is 4.39 Å². The van der Waals surface area contributed by atoms with Crippen molar-refractivity contribution in [2.75, 3.05) is 7.05 Å². The van der Waals surface area contributed by atoms with Crippen LogP contribution in [-0.4, -0.2) is 12.0 Å². The molecule has 0 bridgehead atoms. The number of aromatic nitrogens is 1. The molecule has 2 nitrogen and oxygen atoms in total. The summed E-state index contributed by atoms with van der Waals surface area (Å²) in [6.45, 7) is 5.85. The van der Waals surface area contributed by atoms with Gasteiger partial charge in [-0.25, -0.2) is 9.37 Å². The Morgan fingerprint density at radius 3 is 2.58 bits per heavy atom. The molecule has 102 valence electrons. The van der Waals surface area contributed by atoms with Gasteiger partial charge in [-0.15, -0.1) is 11.3 Å². The smallest absolute Gasteiger partial charge is 0.128 e. The fourth-order valence-electron chi connectivity index (χ4n) is 2.39. The first kappa shape index (κ1) is 14.2. The molecule has 1 aromatic carbocycles. The molecule has 0 saturated heterocycles. The molecule has 0 spiro atoms. The zero-order chi connectivity index (χ0) is 14.0. The van der Waals surface area contributed by atoms with E-state index in [1.54, 1.807) is 17.4 Å². The SMILES string of the molecule is CNC(Cc1nc(C)cs1)c1c(C)cc(C)cc1F. The number of rotatable bonds is 4. The van der Waals surface area contributed by atoms with Gasteiger partial charge in [-0.3, -0.25) is 0 Å². The van der Waals surface area contributed by atoms with E-state index in [0.717, 1.165) is 33.8 Å². The number of nitrogens with zero attached hydrogens (tertiary/aromatic N) is 1. The molecule has 0 saturated carbocycles. The molecule has 2 aromatic rings. The molecule has 1 atom stereocenters. The van der Waals surface area contributed by atoms with E-state index < -0.39 is 0 Å². The highest BCUT2D eigenvalue weighted by atomic mass is 32.1. The van der Waals surface area contributed by atoms with Crippen LogP contribution in [0.15, 0.2) is 17.5 Å². The first-order valence-electron chi connectivity index (χ1n) is 6.36. The summed E-state index contributed by atoms with van der Waals surface area (Å²) in [5.74, 6) is -0.134. The lowest BCUT2D eigenvalue weighted by atomic mass is 9.96. The molecule has 1 unspecified atom stereocenters. The van der Waals surface area contributed by atoms with Crippen LogP contribution in [0.2, 0.25) is 0 Å². The Balaban J connectivity index is 2.32. The van der Waals surface area contributed by atoms with Crippen LogP contribution < -0.4 is 5.32 Å². The van der Waals surface area contributed by atoms with Crippen LogP contribution >= 0.6 is 11.3 Å². The second kappa shape index (κ2) is 5.80. The van der Waals surface area contributed by atoms with E-state index in [4.69, 9.17) is 0 Å². The first-order valence-corrected chi connectivity index (χ1v) is 7.24. The summed E-state index contributed by atoms with van der Waals surface area (Å²) in [6.07, 6.45) is 0.718. The van der Waals surface area contributed by atoms with E-state index in [-0.39, 0.29) is 11.9 Å². The van der Waals surface area contributed by atoms with E-state index >= 15 is 0 Å². The van der Waals surface area contributed by atoms with Crippen molar-refractivity contribution in [3.63, 3.8) is 0 Å². The second-order valence-electron chi connectivity index (χ2n) is 4.91. The third kappa shape index (κ3) is 3.19. The number of aryl methyl sites for hydroxylation is 3. The molecule has 2 rings (SSSR count). The summed E-state index contributed by atoms with van der Waals surface area (Å²) >= 11 is 1.63. The number of benzene rings is 1. The number of nitrogens with one attached hydrogen (secondary N) is 1. The van der Waals surface area contributed by atoms with Crippen molar-refractivity contribution in [2.24, 2.45) is 0 Å². The van der Waals surface area contributed by atoms with Gasteiger partial charge >= 0.3 is 0 Å². The molecular weight excluding hydrogens is 259 g/mol. The monoisotopic (exact) mass is 278 g/mol. The van der Waals surface area contributed by atoms with Gasteiger partial charge in [0.2, 0.25) is 0 Å². The van der Waals surface area contributed by atoms with Crippen molar-refractivity contribution in [2.45, 2.75) is 33.2 Å². The Bertz CT molecular complexity index is 554. The standard InChI is InChI=1S/C15H19FN2S/c1-9-5-10(2)15(12(16)6-9)13(17-4)7-14-18-11(3)8-19-14/h5-6,8,13,17H,7H2,1-4H3. The summed E-state index contributed by atoms with van der Waals surface area (Å²) in [7, 11) is 1.86. The predicted molar refractivity (Wildman–Crippen MR) is 78.2 cm³/mol. The summed E-state index contributed by atoms with van der Waals surface area (Å²) in [4.78, 5) is 4.46. The Morgan fingerprint density at radius 2 is 2.05 bits per heavy atom. The van der Waals surface area contributed by atoms with Crippen LogP contribution in [0.5, 0.6) is 0 Å². The molecule has 1 aromatic heterocycles. The van der Waals surface area contributed by atoms with E-state index in [1.165, 1.54) is 0 Å². The highest BCUT2D eigenvalue weighted by Crippen LogP contribution is 2.26. The van der Waals surface area contributed by atoms with Crippen molar-refractivity contribution < 1.29 is 4.39 Å². The van der Waals surface area contributed by atoms with Gasteiger partial charge in [0.15, 0.2) is 0 Å². The van der Waals surface area contributed by atoms with Gasteiger partial charge < -0.3 is 5.32 Å². The molecule has 19 heavy (non-hydrogen) atoms. The van der Waals surface area contributed by atoms with Crippen LogP contribution in [-0.2, 0) is 6.42 Å². The van der Waals surface area contributed by atoms with Crippen LogP contribution in [0.25, 0.3) is 0 Å². The molecule has 0 amide bonds. The maximum atomic E-state index is 14.2. The number of hydrogen-bond acceptors (Lipinski definition) is 3. The topological polar surface area (TPSA) is 24.9 Å². The Morgan fingerprint density at radius 1 is 1.32 bits per heavy atom. The lowest BCUT2D eigenvalue weighted by Gasteiger charge is -2.19. The zero-order valence-corrected chi connectivity index (χ0v) is 12.6. The van der Waals surface area contributed by atoms with Gasteiger partial charge in [-0.05, 0) is 45.0 Å². The van der Waals surface area contributed by atoms with Crippen molar-refractivity contribution in [3.8, 4) is 0 Å². The first-order chi connectivity index (χ1) is 9.01. The molecule has 0 aliphatic heterocycles. The van der Waals surface area contributed by atoms with Crippen LogP contribution in [0, 0.1) is 26.6 Å². The highest BCUT2D eigenvalue weighted by molar-refractivity contribution is 7.09. The van der Waals surface area contributed by atoms with Crippen molar-refractivity contribution in [3.05, 3.63) is 50.7 Å². The number of hydrogen-bond donors (Lipinski definition) is 1. The van der Waals surface area contributed by atoms with Crippen LogP contribution in [0.1, 0.15) is 33.4 Å². The van der Waals surface area contributed by atoms with E-state index in [0.29, 0.717) is 0 Å². The van der Waals surface area contributed by atoms with Gasteiger partial charge in [-0.1, -0.05) is 6.07 Å². The third-order valence-electron chi connectivity index (χ3n) is 3.22. The molecule has 0 fully saturated rings. The van der Waals surface area contributed by atoms with Gasteiger partial charge in [0, 0.05) is 29.1 Å². The largest absolute Gasteiger partial charge is 0.313 e. The molecule has 4 heteroatoms. The number of thiazole rings is 1. The summed E-state index contributed by atoms with van der Waals surface area (Å²) in [6, 6.07) is 3.58. The Hall–Kier alpha value is -1.26. The minimum absolute atomic E-state index is 0.0360. The fraction of sp³-hybridized carbons (Fsp3) is 0.400. The van der Waals surface area contributed by atoms with Gasteiger partial charge in [0.25, 0.3) is 0 Å². The van der Waals surface area contributed by atoms with Gasteiger partial charge in [-0.2, -0.15) is 0 Å². The second-order valence-corrected chi connectivity index (χ2v) is 5.85. The quantitative estimate of drug-likeness (QED) is 0.922. The molecule has 1 heterocycles.